The Morgan fingerprint density at radius 3 is 1.47 bits per heavy atom. The molecule has 0 bridgehead atoms. The van der Waals surface area contributed by atoms with Crippen molar-refractivity contribution >= 4 is 0 Å². The van der Waals surface area contributed by atoms with E-state index >= 15 is 0 Å². The van der Waals surface area contributed by atoms with Gasteiger partial charge >= 0.3 is 12.5 Å². The minimum Gasteiger partial charge on any atom is -0.429 e. The average molecular weight is 633 g/mol. The smallest absolute Gasteiger partial charge is 0.429 e. The normalized spacial score (nSPS) is 11.2. The molecule has 11 heteroatoms. The third kappa shape index (κ3) is 8.99. The predicted octanol–water partition coefficient (Wildman–Crippen LogP) is 9.41. The Hall–Kier alpha value is -5.03. The van der Waals surface area contributed by atoms with E-state index in [9.17, 15) is 39.5 Å². The lowest BCUT2D eigenvalue weighted by atomic mass is 10.1. The van der Waals surface area contributed by atoms with Crippen LogP contribution in [-0.2, 0) is 12.5 Å². The van der Waals surface area contributed by atoms with Crippen molar-refractivity contribution in [1.82, 2.24) is 0 Å². The van der Waals surface area contributed by atoms with Gasteiger partial charge in [0.05, 0.1) is 0 Å². The summed E-state index contributed by atoms with van der Waals surface area (Å²) < 4.78 is 130. The molecule has 0 fully saturated rings. The predicted molar refractivity (Wildman–Crippen MR) is 147 cm³/mol. The Bertz CT molecular complexity index is 1740. The summed E-state index contributed by atoms with van der Waals surface area (Å²) in [7, 11) is 0. The first-order valence-electron chi connectivity index (χ1n) is 13.3. The Balaban J connectivity index is 1.46. The van der Waals surface area contributed by atoms with Gasteiger partial charge < -0.3 is 9.47 Å². The van der Waals surface area contributed by atoms with Crippen LogP contribution in [0, 0.1) is 47.0 Å². The first-order chi connectivity index (χ1) is 21.2. The quantitative estimate of drug-likeness (QED) is 0.149. The molecule has 0 saturated carbocycles. The summed E-state index contributed by atoms with van der Waals surface area (Å²) in [5, 5.41) is 0. The summed E-state index contributed by atoms with van der Waals surface area (Å²) >= 11 is 0. The zero-order chi connectivity index (χ0) is 32.8. The van der Waals surface area contributed by atoms with Crippen molar-refractivity contribution in [2.24, 2.45) is 0 Å². The summed E-state index contributed by atoms with van der Waals surface area (Å²) in [6.45, 7) is 2.13. The van der Waals surface area contributed by atoms with Crippen molar-refractivity contribution in [3.8, 4) is 35.2 Å². The van der Waals surface area contributed by atoms with Gasteiger partial charge in [0.15, 0.2) is 11.6 Å². The molecule has 4 aromatic rings. The molecule has 45 heavy (non-hydrogen) atoms. The fraction of sp³-hybridized carbons (Fsp3) is 0.176. The molecule has 0 unspecified atom stereocenters. The van der Waals surface area contributed by atoms with Crippen LogP contribution in [0.5, 0.6) is 11.5 Å². The van der Waals surface area contributed by atoms with Crippen molar-refractivity contribution in [2.45, 2.75) is 38.7 Å². The first-order valence-corrected chi connectivity index (χ1v) is 13.3. The largest absolute Gasteiger partial charge is 0.573 e. The van der Waals surface area contributed by atoms with Crippen LogP contribution >= 0.6 is 0 Å². The Morgan fingerprint density at radius 1 is 0.578 bits per heavy atom. The molecule has 0 aliphatic heterocycles. The van der Waals surface area contributed by atoms with Gasteiger partial charge in [-0.05, 0) is 66.9 Å². The molecular formula is C34H21F9O2. The highest BCUT2D eigenvalue weighted by molar-refractivity contribution is 5.49. The summed E-state index contributed by atoms with van der Waals surface area (Å²) in [5.41, 5.74) is 0.963. The summed E-state index contributed by atoms with van der Waals surface area (Å²) in [6.07, 6.45) is -7.09. The number of benzene rings is 4. The third-order valence-corrected chi connectivity index (χ3v) is 6.13. The Kier molecular flexibility index (Phi) is 10.0. The molecule has 2 nitrogen and oxygen atoms in total. The van der Waals surface area contributed by atoms with Gasteiger partial charge in [0.1, 0.15) is 22.9 Å². The van der Waals surface area contributed by atoms with E-state index in [2.05, 4.69) is 40.1 Å². The number of aryl methyl sites for hydroxylation is 1. The monoisotopic (exact) mass is 632 g/mol. The molecule has 0 spiro atoms. The zero-order valence-corrected chi connectivity index (χ0v) is 23.3. The van der Waals surface area contributed by atoms with Crippen molar-refractivity contribution in [1.29, 1.82) is 0 Å². The van der Waals surface area contributed by atoms with Crippen molar-refractivity contribution in [3.63, 3.8) is 0 Å². The standard InChI is InChI=1S/C34H21F9O2/c1-2-3-4-21-5-7-22(8-6-21)9-10-23-11-13-24(14-12-23)15-16-25-17-27(35)31(28(36)18-25)33(39,40)44-26-19-29(37)32(30(38)20-26)45-34(41,42)43/h5-8,11-14,17-20H,2-4H2,1H3. The summed E-state index contributed by atoms with van der Waals surface area (Å²) in [6, 6.07) is 15.4. The maximum absolute atomic E-state index is 14.6. The maximum Gasteiger partial charge on any atom is 0.573 e. The highest BCUT2D eigenvalue weighted by Gasteiger charge is 2.42. The second-order valence-electron chi connectivity index (χ2n) is 9.58. The van der Waals surface area contributed by atoms with Gasteiger partial charge in [-0.1, -0.05) is 49.2 Å². The summed E-state index contributed by atoms with van der Waals surface area (Å²) in [4.78, 5) is 0. The molecule has 0 saturated heterocycles. The van der Waals surface area contributed by atoms with Crippen molar-refractivity contribution in [2.75, 3.05) is 0 Å². The minimum atomic E-state index is -5.48. The highest BCUT2D eigenvalue weighted by Crippen LogP contribution is 2.38. The molecule has 4 aromatic carbocycles. The molecule has 0 atom stereocenters. The van der Waals surface area contributed by atoms with Gasteiger partial charge in [-0.25, -0.2) is 17.6 Å². The van der Waals surface area contributed by atoms with Crippen LogP contribution in [0.4, 0.5) is 39.5 Å². The van der Waals surface area contributed by atoms with Crippen LogP contribution < -0.4 is 9.47 Å². The van der Waals surface area contributed by atoms with Crippen LogP contribution in [0.15, 0.2) is 72.8 Å². The molecule has 232 valence electrons. The Morgan fingerprint density at radius 2 is 1.02 bits per heavy atom. The molecule has 0 N–H and O–H groups in total. The molecule has 0 aromatic heterocycles. The molecule has 0 aliphatic carbocycles. The fourth-order valence-corrected chi connectivity index (χ4v) is 3.99. The van der Waals surface area contributed by atoms with E-state index in [1.165, 1.54) is 5.56 Å². The fourth-order valence-electron chi connectivity index (χ4n) is 3.99. The molecule has 0 heterocycles. The van der Waals surface area contributed by atoms with Crippen molar-refractivity contribution < 1.29 is 49.0 Å². The van der Waals surface area contributed by atoms with Crippen molar-refractivity contribution in [3.05, 3.63) is 129 Å². The molecule has 0 amide bonds. The second kappa shape index (κ2) is 13.7. The topological polar surface area (TPSA) is 18.5 Å². The maximum atomic E-state index is 14.6. The zero-order valence-electron chi connectivity index (χ0n) is 23.3. The molecular weight excluding hydrogens is 611 g/mol. The van der Waals surface area contributed by atoms with E-state index < -0.39 is 52.8 Å². The number of alkyl halides is 5. The van der Waals surface area contributed by atoms with Gasteiger partial charge in [-0.3, -0.25) is 0 Å². The van der Waals surface area contributed by atoms with E-state index in [4.69, 9.17) is 0 Å². The lowest BCUT2D eigenvalue weighted by molar-refractivity contribution is -0.276. The van der Waals surface area contributed by atoms with Crippen LogP contribution in [0.3, 0.4) is 0 Å². The van der Waals surface area contributed by atoms with E-state index in [0.29, 0.717) is 23.3 Å². The first kappa shape index (κ1) is 32.9. The number of ether oxygens (including phenoxy) is 2. The molecule has 4 rings (SSSR count). The number of hydrogen-bond donors (Lipinski definition) is 0. The van der Waals surface area contributed by atoms with Gasteiger partial charge in [0.2, 0.25) is 5.75 Å². The highest BCUT2D eigenvalue weighted by atomic mass is 19.4. The van der Waals surface area contributed by atoms with Crippen LogP contribution in [0.2, 0.25) is 0 Å². The van der Waals surface area contributed by atoms with Gasteiger partial charge in [0.25, 0.3) is 0 Å². The van der Waals surface area contributed by atoms with Crippen LogP contribution in [0.25, 0.3) is 0 Å². The van der Waals surface area contributed by atoms with E-state index in [1.54, 1.807) is 24.3 Å². The van der Waals surface area contributed by atoms with E-state index in [0.717, 1.165) is 24.8 Å². The summed E-state index contributed by atoms with van der Waals surface area (Å²) in [5.74, 6) is 0.202. The SMILES string of the molecule is CCCCc1ccc(C#Cc2ccc(C#Cc3cc(F)c(C(F)(F)Oc4cc(F)c(OC(F)(F)F)c(F)c4)c(F)c3)cc2)cc1. The number of rotatable bonds is 7. The van der Waals surface area contributed by atoms with Crippen LogP contribution in [-0.4, -0.2) is 6.36 Å². The van der Waals surface area contributed by atoms with E-state index in [-0.39, 0.29) is 17.7 Å². The number of unbranched alkanes of at least 4 members (excludes halogenated alkanes) is 1. The lowest BCUT2D eigenvalue weighted by Crippen LogP contribution is -2.25. The molecule has 0 radical (unpaired) electrons. The second-order valence-corrected chi connectivity index (χ2v) is 9.58. The average Bonchev–Trinajstić information content (AvgIpc) is 2.95. The van der Waals surface area contributed by atoms with Gasteiger partial charge in [-0.2, -0.15) is 8.78 Å². The third-order valence-electron chi connectivity index (χ3n) is 6.13. The van der Waals surface area contributed by atoms with Gasteiger partial charge in [0, 0.05) is 34.4 Å². The number of hydrogen-bond acceptors (Lipinski definition) is 2. The lowest BCUT2D eigenvalue weighted by Gasteiger charge is -2.20. The molecule has 0 aliphatic rings. The number of halogens is 9. The van der Waals surface area contributed by atoms with Gasteiger partial charge in [-0.15, -0.1) is 13.2 Å². The van der Waals surface area contributed by atoms with Crippen LogP contribution in [0.1, 0.15) is 53.1 Å². The minimum absolute atomic E-state index is 0.0593. The van der Waals surface area contributed by atoms with E-state index in [1.807, 2.05) is 24.3 Å². The Labute approximate surface area is 252 Å².